The normalized spacial score (nSPS) is 12.4. The number of hydrogen-bond donors (Lipinski definition) is 1. The number of hydrogen-bond acceptors (Lipinski definition) is 1. The molecule has 0 spiro atoms. The highest BCUT2D eigenvalue weighted by molar-refractivity contribution is 9.09. The van der Waals surface area contributed by atoms with E-state index >= 15 is 0 Å². The van der Waals surface area contributed by atoms with Gasteiger partial charge in [0.2, 0.25) is 5.91 Å². The molecule has 0 saturated carbocycles. The van der Waals surface area contributed by atoms with Gasteiger partial charge in [-0.3, -0.25) is 4.79 Å². The molecule has 0 aromatic heterocycles. The van der Waals surface area contributed by atoms with Crippen LogP contribution in [-0.4, -0.2) is 17.8 Å². The molecule has 0 fully saturated rings. The van der Waals surface area contributed by atoms with Crippen molar-refractivity contribution in [1.82, 2.24) is 5.32 Å². The summed E-state index contributed by atoms with van der Waals surface area (Å²) in [6.45, 7) is 5.12. The summed E-state index contributed by atoms with van der Waals surface area (Å²) in [6, 6.07) is 0. The summed E-state index contributed by atoms with van der Waals surface area (Å²) in [5, 5.41) is 4.11. The molecule has 0 bridgehead atoms. The van der Waals surface area contributed by atoms with Gasteiger partial charge in [0.25, 0.3) is 0 Å². The van der Waals surface area contributed by atoms with Crippen molar-refractivity contribution in [3.05, 3.63) is 0 Å². The minimum absolute atomic E-state index is 0.233. The lowest BCUT2D eigenvalue weighted by atomic mass is 9.98. The highest BCUT2D eigenvalue weighted by Crippen LogP contribution is 2.12. The summed E-state index contributed by atoms with van der Waals surface area (Å²) < 4.78 is 0. The lowest BCUT2D eigenvalue weighted by Gasteiger charge is -2.14. The summed E-state index contributed by atoms with van der Waals surface area (Å²) >= 11 is 3.41. The molecule has 0 aliphatic heterocycles. The van der Waals surface area contributed by atoms with Gasteiger partial charge in [-0.1, -0.05) is 49.0 Å². The number of alkyl halides is 1. The maximum Gasteiger partial charge on any atom is 0.223 e. The van der Waals surface area contributed by atoms with Gasteiger partial charge in [0.15, 0.2) is 0 Å². The number of rotatable bonds is 10. The molecule has 1 N–H and O–H groups in total. The molecular formula is C13H26BrNO. The van der Waals surface area contributed by atoms with Crippen molar-refractivity contribution in [2.75, 3.05) is 11.9 Å². The molecule has 3 heteroatoms. The molecule has 16 heavy (non-hydrogen) atoms. The van der Waals surface area contributed by atoms with E-state index in [0.29, 0.717) is 0 Å². The van der Waals surface area contributed by atoms with Gasteiger partial charge in [-0.25, -0.2) is 0 Å². The molecule has 0 aromatic rings. The second-order valence-electron chi connectivity index (χ2n) is 4.29. The lowest BCUT2D eigenvalue weighted by molar-refractivity contribution is -0.125. The van der Waals surface area contributed by atoms with Crippen LogP contribution in [0.3, 0.4) is 0 Å². The van der Waals surface area contributed by atoms with Crippen molar-refractivity contribution < 1.29 is 4.79 Å². The van der Waals surface area contributed by atoms with Crippen LogP contribution in [0, 0.1) is 5.92 Å². The number of halogens is 1. The highest BCUT2D eigenvalue weighted by atomic mass is 79.9. The number of nitrogens with one attached hydrogen (secondary N) is 1. The van der Waals surface area contributed by atoms with Gasteiger partial charge in [0.1, 0.15) is 0 Å². The van der Waals surface area contributed by atoms with Gasteiger partial charge in [0.05, 0.1) is 0 Å². The molecule has 96 valence electrons. The standard InChI is InChI=1S/C13H26BrNO/c1-3-5-9-12(4-2)13(16)15-11-8-6-7-10-14/h12H,3-11H2,1-2H3,(H,15,16). The first-order chi connectivity index (χ1) is 7.76. The Labute approximate surface area is 109 Å². The Morgan fingerprint density at radius 2 is 1.94 bits per heavy atom. The predicted octanol–water partition coefficient (Wildman–Crippen LogP) is 3.88. The van der Waals surface area contributed by atoms with E-state index in [0.717, 1.165) is 37.6 Å². The van der Waals surface area contributed by atoms with Gasteiger partial charge in [-0.2, -0.15) is 0 Å². The molecule has 0 heterocycles. The average molecular weight is 292 g/mol. The van der Waals surface area contributed by atoms with Crippen LogP contribution in [0.2, 0.25) is 0 Å². The van der Waals surface area contributed by atoms with Gasteiger partial charge in [0, 0.05) is 17.8 Å². The molecule has 0 rings (SSSR count). The number of unbranched alkanes of at least 4 members (excludes halogenated alkanes) is 3. The van der Waals surface area contributed by atoms with E-state index < -0.39 is 0 Å². The van der Waals surface area contributed by atoms with Crippen molar-refractivity contribution in [3.8, 4) is 0 Å². The van der Waals surface area contributed by atoms with Crippen LogP contribution in [0.25, 0.3) is 0 Å². The van der Waals surface area contributed by atoms with E-state index in [1.807, 2.05) is 0 Å². The first-order valence-corrected chi connectivity index (χ1v) is 7.72. The zero-order chi connectivity index (χ0) is 12.2. The number of amides is 1. The maximum absolute atomic E-state index is 11.8. The Morgan fingerprint density at radius 1 is 1.19 bits per heavy atom. The predicted molar refractivity (Wildman–Crippen MR) is 74.0 cm³/mol. The second-order valence-corrected chi connectivity index (χ2v) is 5.08. The zero-order valence-corrected chi connectivity index (χ0v) is 12.3. The monoisotopic (exact) mass is 291 g/mol. The molecule has 1 atom stereocenters. The van der Waals surface area contributed by atoms with Crippen molar-refractivity contribution in [2.24, 2.45) is 5.92 Å². The molecular weight excluding hydrogens is 266 g/mol. The van der Waals surface area contributed by atoms with E-state index in [9.17, 15) is 4.79 Å². The molecule has 0 aliphatic carbocycles. The first kappa shape index (κ1) is 16.0. The van der Waals surface area contributed by atoms with E-state index in [2.05, 4.69) is 35.1 Å². The minimum Gasteiger partial charge on any atom is -0.356 e. The van der Waals surface area contributed by atoms with Gasteiger partial charge < -0.3 is 5.32 Å². The van der Waals surface area contributed by atoms with Crippen molar-refractivity contribution in [1.29, 1.82) is 0 Å². The summed E-state index contributed by atoms with van der Waals surface area (Å²) in [5.74, 6) is 0.492. The van der Waals surface area contributed by atoms with Gasteiger partial charge >= 0.3 is 0 Å². The third-order valence-corrected chi connectivity index (χ3v) is 3.44. The van der Waals surface area contributed by atoms with E-state index in [1.165, 1.54) is 19.3 Å². The fraction of sp³-hybridized carbons (Fsp3) is 0.923. The number of carbonyl (C=O) groups excluding carboxylic acids is 1. The number of carbonyl (C=O) groups is 1. The third-order valence-electron chi connectivity index (χ3n) is 2.88. The smallest absolute Gasteiger partial charge is 0.223 e. The summed E-state index contributed by atoms with van der Waals surface area (Å²) in [6.07, 6.45) is 7.83. The van der Waals surface area contributed by atoms with Crippen molar-refractivity contribution in [3.63, 3.8) is 0 Å². The molecule has 0 aliphatic rings. The maximum atomic E-state index is 11.8. The van der Waals surface area contributed by atoms with Gasteiger partial charge in [-0.15, -0.1) is 0 Å². The summed E-state index contributed by atoms with van der Waals surface area (Å²) in [5.41, 5.74) is 0. The summed E-state index contributed by atoms with van der Waals surface area (Å²) in [4.78, 5) is 11.8. The van der Waals surface area contributed by atoms with Crippen molar-refractivity contribution in [2.45, 2.75) is 58.8 Å². The fourth-order valence-electron chi connectivity index (χ4n) is 1.72. The summed E-state index contributed by atoms with van der Waals surface area (Å²) in [7, 11) is 0. The largest absolute Gasteiger partial charge is 0.356 e. The fourth-order valence-corrected chi connectivity index (χ4v) is 2.12. The molecule has 1 unspecified atom stereocenters. The SMILES string of the molecule is CCCCC(CC)C(=O)NCCCCCBr. The van der Waals surface area contributed by atoms with Crippen LogP contribution in [-0.2, 0) is 4.79 Å². The van der Waals surface area contributed by atoms with Crippen LogP contribution >= 0.6 is 15.9 Å². The second kappa shape index (κ2) is 11.4. The van der Waals surface area contributed by atoms with Gasteiger partial charge in [-0.05, 0) is 25.7 Å². The Bertz CT molecular complexity index is 173. The Hall–Kier alpha value is -0.0500. The average Bonchev–Trinajstić information content (AvgIpc) is 2.30. The molecule has 0 saturated heterocycles. The third kappa shape index (κ3) is 8.14. The highest BCUT2D eigenvalue weighted by Gasteiger charge is 2.14. The Kier molecular flexibility index (Phi) is 11.4. The zero-order valence-electron chi connectivity index (χ0n) is 10.7. The van der Waals surface area contributed by atoms with E-state index in [4.69, 9.17) is 0 Å². The molecule has 0 aromatic carbocycles. The molecule has 1 amide bonds. The van der Waals surface area contributed by atoms with Crippen LogP contribution in [0.4, 0.5) is 0 Å². The quantitative estimate of drug-likeness (QED) is 0.480. The lowest BCUT2D eigenvalue weighted by Crippen LogP contribution is -2.31. The van der Waals surface area contributed by atoms with E-state index in [-0.39, 0.29) is 11.8 Å². The van der Waals surface area contributed by atoms with Crippen LogP contribution in [0.5, 0.6) is 0 Å². The van der Waals surface area contributed by atoms with Crippen LogP contribution < -0.4 is 5.32 Å². The van der Waals surface area contributed by atoms with Crippen LogP contribution in [0.1, 0.15) is 58.8 Å². The minimum atomic E-state index is 0.233. The Morgan fingerprint density at radius 3 is 2.50 bits per heavy atom. The molecule has 2 nitrogen and oxygen atoms in total. The van der Waals surface area contributed by atoms with Crippen molar-refractivity contribution >= 4 is 21.8 Å². The first-order valence-electron chi connectivity index (χ1n) is 6.59. The molecule has 0 radical (unpaired) electrons. The van der Waals surface area contributed by atoms with Crippen LogP contribution in [0.15, 0.2) is 0 Å². The Balaban J connectivity index is 3.58. The van der Waals surface area contributed by atoms with E-state index in [1.54, 1.807) is 0 Å². The topological polar surface area (TPSA) is 29.1 Å².